The van der Waals surface area contributed by atoms with Gasteiger partial charge in [-0.3, -0.25) is 4.21 Å². The summed E-state index contributed by atoms with van der Waals surface area (Å²) < 4.78 is 37.8. The van der Waals surface area contributed by atoms with Crippen LogP contribution in [0.1, 0.15) is 19.8 Å². The highest BCUT2D eigenvalue weighted by Crippen LogP contribution is 2.17. The first-order valence-electron chi connectivity index (χ1n) is 6.46. The summed E-state index contributed by atoms with van der Waals surface area (Å²) in [6, 6.07) is 3.11. The molecule has 0 fully saturated rings. The highest BCUT2D eigenvalue weighted by Gasteiger charge is 2.18. The van der Waals surface area contributed by atoms with Crippen LogP contribution in [0.25, 0.3) is 0 Å². The van der Waals surface area contributed by atoms with Crippen molar-refractivity contribution in [3.63, 3.8) is 0 Å². The van der Waals surface area contributed by atoms with Crippen molar-refractivity contribution in [1.82, 2.24) is 9.71 Å². The van der Waals surface area contributed by atoms with Crippen molar-refractivity contribution in [2.45, 2.75) is 24.7 Å². The van der Waals surface area contributed by atoms with Gasteiger partial charge in [0.2, 0.25) is 10.0 Å². The van der Waals surface area contributed by atoms with Gasteiger partial charge in [0.15, 0.2) is 0 Å². The van der Waals surface area contributed by atoms with E-state index in [-0.39, 0.29) is 11.4 Å². The summed E-state index contributed by atoms with van der Waals surface area (Å²) in [5.41, 5.74) is 0. The third-order valence-corrected chi connectivity index (χ3v) is 4.86. The summed E-state index contributed by atoms with van der Waals surface area (Å²) in [6.45, 7) is 2.92. The first-order valence-corrected chi connectivity index (χ1v) is 9.67. The fourth-order valence-electron chi connectivity index (χ4n) is 1.54. The van der Waals surface area contributed by atoms with Gasteiger partial charge in [-0.25, -0.2) is 18.1 Å². The molecule has 0 bridgehead atoms. The lowest BCUT2D eigenvalue weighted by Gasteiger charge is -2.11. The van der Waals surface area contributed by atoms with Crippen LogP contribution in [0.2, 0.25) is 0 Å². The van der Waals surface area contributed by atoms with Crippen LogP contribution in [0.5, 0.6) is 0 Å². The van der Waals surface area contributed by atoms with Crippen molar-refractivity contribution in [2.75, 3.05) is 30.4 Å². The van der Waals surface area contributed by atoms with Gasteiger partial charge in [-0.2, -0.15) is 0 Å². The van der Waals surface area contributed by atoms with Crippen molar-refractivity contribution in [3.05, 3.63) is 18.3 Å². The molecule has 0 aliphatic carbocycles. The first-order chi connectivity index (χ1) is 9.47. The minimum atomic E-state index is -3.59. The van der Waals surface area contributed by atoms with E-state index in [1.54, 1.807) is 18.5 Å². The molecule has 0 amide bonds. The maximum Gasteiger partial charge on any atom is 0.244 e. The fraction of sp³-hybridized carbons (Fsp3) is 0.583. The molecule has 20 heavy (non-hydrogen) atoms. The minimum Gasteiger partial charge on any atom is -0.369 e. The Kier molecular flexibility index (Phi) is 7.11. The Labute approximate surface area is 122 Å². The van der Waals surface area contributed by atoms with Crippen molar-refractivity contribution in [3.8, 4) is 0 Å². The number of anilines is 1. The van der Waals surface area contributed by atoms with Crippen molar-refractivity contribution < 1.29 is 12.6 Å². The third kappa shape index (κ3) is 5.56. The maximum absolute atomic E-state index is 12.2. The predicted octanol–water partition coefficient (Wildman–Crippen LogP) is 0.950. The molecule has 1 atom stereocenters. The van der Waals surface area contributed by atoms with Crippen LogP contribution in [0.15, 0.2) is 23.2 Å². The number of hydrogen-bond acceptors (Lipinski definition) is 5. The number of sulfonamides is 1. The van der Waals surface area contributed by atoms with E-state index in [9.17, 15) is 12.6 Å². The molecule has 2 N–H and O–H groups in total. The van der Waals surface area contributed by atoms with Gasteiger partial charge in [-0.05, 0) is 25.0 Å². The van der Waals surface area contributed by atoms with Gasteiger partial charge >= 0.3 is 0 Å². The first kappa shape index (κ1) is 17.1. The number of nitrogens with zero attached hydrogens (tertiary/aromatic N) is 1. The van der Waals surface area contributed by atoms with E-state index in [4.69, 9.17) is 0 Å². The van der Waals surface area contributed by atoms with E-state index in [0.29, 0.717) is 24.5 Å². The van der Waals surface area contributed by atoms with Crippen LogP contribution in [-0.2, 0) is 20.8 Å². The summed E-state index contributed by atoms with van der Waals surface area (Å²) in [5, 5.41) is 3.00. The fourth-order valence-corrected chi connectivity index (χ4v) is 3.30. The number of rotatable bonds is 9. The van der Waals surface area contributed by atoms with Crippen LogP contribution in [0, 0.1) is 0 Å². The Balaban J connectivity index is 2.73. The lowest BCUT2D eigenvalue weighted by Crippen LogP contribution is -2.27. The molecule has 0 spiro atoms. The highest BCUT2D eigenvalue weighted by atomic mass is 32.2. The summed E-state index contributed by atoms with van der Waals surface area (Å²) in [7, 11) is -4.50. The topological polar surface area (TPSA) is 88.2 Å². The normalized spacial score (nSPS) is 13.1. The summed E-state index contributed by atoms with van der Waals surface area (Å²) in [6.07, 6.45) is 4.58. The molecule has 0 saturated heterocycles. The quantitative estimate of drug-likeness (QED) is 0.662. The largest absolute Gasteiger partial charge is 0.369 e. The number of hydrogen-bond donors (Lipinski definition) is 2. The van der Waals surface area contributed by atoms with E-state index in [0.717, 1.165) is 6.42 Å². The summed E-state index contributed by atoms with van der Waals surface area (Å²) in [4.78, 5) is 4.20. The Hall–Kier alpha value is -0.990. The average molecular weight is 319 g/mol. The molecular weight excluding hydrogens is 298 g/mol. The lowest BCUT2D eigenvalue weighted by molar-refractivity contribution is 0.580. The van der Waals surface area contributed by atoms with Crippen molar-refractivity contribution in [1.29, 1.82) is 0 Å². The Morgan fingerprint density at radius 3 is 2.75 bits per heavy atom. The van der Waals surface area contributed by atoms with Gasteiger partial charge in [0.1, 0.15) is 10.7 Å². The highest BCUT2D eigenvalue weighted by molar-refractivity contribution is 7.89. The second-order valence-corrected chi connectivity index (χ2v) is 7.60. The zero-order chi connectivity index (χ0) is 15.0. The molecule has 1 aromatic heterocycles. The van der Waals surface area contributed by atoms with Crippen molar-refractivity contribution in [2.24, 2.45) is 0 Å². The van der Waals surface area contributed by atoms with Crippen LogP contribution >= 0.6 is 0 Å². The monoisotopic (exact) mass is 319 g/mol. The molecule has 1 unspecified atom stereocenters. The number of aromatic nitrogens is 1. The van der Waals surface area contributed by atoms with Gasteiger partial charge in [0.05, 0.1) is 0 Å². The molecule has 114 valence electrons. The maximum atomic E-state index is 12.2. The molecule has 8 heteroatoms. The van der Waals surface area contributed by atoms with Gasteiger partial charge in [0.25, 0.3) is 0 Å². The molecule has 1 rings (SSSR count). The molecule has 1 aromatic rings. The molecule has 6 nitrogen and oxygen atoms in total. The van der Waals surface area contributed by atoms with Crippen molar-refractivity contribution >= 4 is 26.6 Å². The van der Waals surface area contributed by atoms with E-state index < -0.39 is 20.8 Å². The van der Waals surface area contributed by atoms with Crippen LogP contribution in [0.3, 0.4) is 0 Å². The van der Waals surface area contributed by atoms with Crippen LogP contribution in [-0.4, -0.2) is 42.7 Å². The number of pyridine rings is 1. The smallest absolute Gasteiger partial charge is 0.244 e. The molecule has 0 aliphatic heterocycles. The average Bonchev–Trinajstić information content (AvgIpc) is 2.41. The SMILES string of the molecule is CCCNc1ncccc1S(=O)(=O)NCCCS(C)=O. The number of nitrogens with one attached hydrogen (secondary N) is 2. The zero-order valence-corrected chi connectivity index (χ0v) is 13.4. The lowest BCUT2D eigenvalue weighted by atomic mass is 10.4. The van der Waals surface area contributed by atoms with Gasteiger partial charge < -0.3 is 5.32 Å². The molecule has 0 aromatic carbocycles. The molecule has 0 radical (unpaired) electrons. The zero-order valence-electron chi connectivity index (χ0n) is 11.8. The summed E-state index contributed by atoms with van der Waals surface area (Å²) >= 11 is 0. The van der Waals surface area contributed by atoms with Gasteiger partial charge in [-0.15, -0.1) is 0 Å². The van der Waals surface area contributed by atoms with Gasteiger partial charge in [-0.1, -0.05) is 6.92 Å². The second-order valence-electron chi connectivity index (χ2n) is 4.31. The molecular formula is C12H21N3O3S2. The molecule has 0 saturated carbocycles. The van der Waals surface area contributed by atoms with Crippen LogP contribution in [0.4, 0.5) is 5.82 Å². The third-order valence-electron chi connectivity index (χ3n) is 2.50. The van der Waals surface area contributed by atoms with Gasteiger partial charge in [0, 0.05) is 42.1 Å². The Morgan fingerprint density at radius 1 is 1.35 bits per heavy atom. The molecule has 0 aliphatic rings. The predicted molar refractivity (Wildman–Crippen MR) is 81.8 cm³/mol. The Morgan fingerprint density at radius 2 is 2.10 bits per heavy atom. The second kappa shape index (κ2) is 8.33. The minimum absolute atomic E-state index is 0.145. The molecule has 1 heterocycles. The van der Waals surface area contributed by atoms with E-state index in [2.05, 4.69) is 15.0 Å². The summed E-state index contributed by atoms with van der Waals surface area (Å²) in [5.74, 6) is 0.845. The Bertz CT molecular complexity index is 547. The van der Waals surface area contributed by atoms with E-state index in [1.807, 2.05) is 6.92 Å². The van der Waals surface area contributed by atoms with Crippen LogP contribution < -0.4 is 10.0 Å². The van der Waals surface area contributed by atoms with E-state index >= 15 is 0 Å². The van der Waals surface area contributed by atoms with E-state index in [1.165, 1.54) is 6.07 Å². The standard InChI is InChI=1S/C12H21N3O3S2/c1-3-7-13-12-11(6-4-8-14-12)20(17,18)15-9-5-10-19(2)16/h4,6,8,15H,3,5,7,9-10H2,1-2H3,(H,13,14).